The maximum absolute atomic E-state index is 11.6. The minimum absolute atomic E-state index is 0.0559. The van der Waals surface area contributed by atoms with Crippen molar-refractivity contribution in [3.05, 3.63) is 34.3 Å². The Bertz CT molecular complexity index is 417. The van der Waals surface area contributed by atoms with Crippen LogP contribution in [0.1, 0.15) is 17.9 Å². The number of nitrogens with one attached hydrogen (secondary N) is 1. The van der Waals surface area contributed by atoms with Crippen LogP contribution in [0.5, 0.6) is 0 Å². The first-order valence-corrected chi connectivity index (χ1v) is 5.51. The maximum Gasteiger partial charge on any atom is 0.221 e. The second-order valence-electron chi connectivity index (χ2n) is 3.55. The van der Waals surface area contributed by atoms with Crippen LogP contribution in [0, 0.1) is 0 Å². The minimum atomic E-state index is -0.281. The zero-order valence-corrected chi connectivity index (χ0v) is 9.58. The number of halogens is 1. The molecule has 2 rings (SSSR count). The summed E-state index contributed by atoms with van der Waals surface area (Å²) >= 11 is 3.35. The molecule has 0 aliphatic carbocycles. The average Bonchev–Trinajstić information content (AvgIpc) is 2.22. The van der Waals surface area contributed by atoms with Crippen LogP contribution < -0.4 is 5.32 Å². The van der Waals surface area contributed by atoms with Gasteiger partial charge >= 0.3 is 0 Å². The van der Waals surface area contributed by atoms with Gasteiger partial charge < -0.3 is 5.32 Å². The molecule has 1 fully saturated rings. The Morgan fingerprint density at radius 3 is 2.87 bits per heavy atom. The maximum atomic E-state index is 11.6. The van der Waals surface area contributed by atoms with Crippen molar-refractivity contribution in [1.29, 1.82) is 0 Å². The zero-order chi connectivity index (χ0) is 10.8. The highest BCUT2D eigenvalue weighted by Gasteiger charge is 2.28. The monoisotopic (exact) mass is 267 g/mol. The first kappa shape index (κ1) is 10.4. The van der Waals surface area contributed by atoms with Crippen LogP contribution in [0.3, 0.4) is 0 Å². The molecule has 1 aliphatic rings. The molecule has 0 aromatic heterocycles. The number of ketones is 1. The van der Waals surface area contributed by atoms with E-state index in [1.165, 1.54) is 0 Å². The lowest BCUT2D eigenvalue weighted by molar-refractivity contribution is -0.131. The van der Waals surface area contributed by atoms with Crippen molar-refractivity contribution >= 4 is 27.6 Å². The molecule has 15 heavy (non-hydrogen) atoms. The number of rotatable bonds is 1. The third-order valence-corrected chi connectivity index (χ3v) is 2.98. The summed E-state index contributed by atoms with van der Waals surface area (Å²) in [4.78, 5) is 22.8. The van der Waals surface area contributed by atoms with Crippen LogP contribution in [0.25, 0.3) is 0 Å². The molecule has 1 amide bonds. The second kappa shape index (κ2) is 4.14. The number of benzene rings is 1. The minimum Gasteiger partial charge on any atom is -0.349 e. The van der Waals surface area contributed by atoms with Crippen molar-refractivity contribution < 1.29 is 9.59 Å². The molecule has 0 radical (unpaired) electrons. The Morgan fingerprint density at radius 2 is 2.13 bits per heavy atom. The van der Waals surface area contributed by atoms with Gasteiger partial charge in [-0.25, -0.2) is 0 Å². The number of hydrogen-bond acceptors (Lipinski definition) is 2. The zero-order valence-electron chi connectivity index (χ0n) is 8.00. The molecule has 0 bridgehead atoms. The molecule has 78 valence electrons. The standard InChI is InChI=1S/C11H10BrNO2/c12-8-3-1-2-7(4-8)9-5-11(15)13-6-10(9)14/h1-4,9H,5-6H2,(H,13,15). The van der Waals surface area contributed by atoms with E-state index in [-0.39, 0.29) is 30.6 Å². The predicted molar refractivity (Wildman–Crippen MR) is 59.5 cm³/mol. The van der Waals surface area contributed by atoms with Gasteiger partial charge in [0.25, 0.3) is 0 Å². The molecule has 1 N–H and O–H groups in total. The SMILES string of the molecule is O=C1CC(c2cccc(Br)c2)C(=O)CN1. The highest BCUT2D eigenvalue weighted by atomic mass is 79.9. The van der Waals surface area contributed by atoms with Gasteiger partial charge in [0.05, 0.1) is 12.5 Å². The fraction of sp³-hybridized carbons (Fsp3) is 0.273. The van der Waals surface area contributed by atoms with Crippen molar-refractivity contribution in [2.24, 2.45) is 0 Å². The molecule has 1 aromatic rings. The van der Waals surface area contributed by atoms with Gasteiger partial charge in [0.2, 0.25) is 5.91 Å². The van der Waals surface area contributed by atoms with E-state index in [9.17, 15) is 9.59 Å². The molecule has 1 aromatic carbocycles. The Morgan fingerprint density at radius 1 is 1.33 bits per heavy atom. The first-order chi connectivity index (χ1) is 7.16. The van der Waals surface area contributed by atoms with Gasteiger partial charge in [0.1, 0.15) is 0 Å². The lowest BCUT2D eigenvalue weighted by Crippen LogP contribution is -2.39. The lowest BCUT2D eigenvalue weighted by atomic mass is 9.89. The topological polar surface area (TPSA) is 46.2 Å². The molecule has 1 heterocycles. The Hall–Kier alpha value is -1.16. The summed E-state index contributed by atoms with van der Waals surface area (Å²) < 4.78 is 0.929. The number of carbonyl (C=O) groups excluding carboxylic acids is 2. The van der Waals surface area contributed by atoms with E-state index >= 15 is 0 Å². The summed E-state index contributed by atoms with van der Waals surface area (Å²) in [5.74, 6) is -0.261. The van der Waals surface area contributed by atoms with Crippen molar-refractivity contribution in [3.8, 4) is 0 Å². The second-order valence-corrected chi connectivity index (χ2v) is 4.47. The highest BCUT2D eigenvalue weighted by molar-refractivity contribution is 9.10. The van der Waals surface area contributed by atoms with Crippen molar-refractivity contribution in [3.63, 3.8) is 0 Å². The van der Waals surface area contributed by atoms with Crippen molar-refractivity contribution in [2.75, 3.05) is 6.54 Å². The molecular weight excluding hydrogens is 258 g/mol. The van der Waals surface area contributed by atoms with E-state index in [0.717, 1.165) is 10.0 Å². The van der Waals surface area contributed by atoms with Gasteiger partial charge in [-0.2, -0.15) is 0 Å². The number of hydrogen-bond donors (Lipinski definition) is 1. The summed E-state index contributed by atoms with van der Waals surface area (Å²) in [6.07, 6.45) is 0.259. The smallest absolute Gasteiger partial charge is 0.221 e. The van der Waals surface area contributed by atoms with Gasteiger partial charge in [0, 0.05) is 10.9 Å². The van der Waals surface area contributed by atoms with Crippen molar-refractivity contribution in [1.82, 2.24) is 5.32 Å². The average molecular weight is 268 g/mol. The molecule has 0 spiro atoms. The van der Waals surface area contributed by atoms with E-state index in [2.05, 4.69) is 21.2 Å². The number of Topliss-reactive ketones (excluding diaryl/α,β-unsaturated/α-hetero) is 1. The first-order valence-electron chi connectivity index (χ1n) is 4.71. The Labute approximate surface area is 96.0 Å². The lowest BCUT2D eigenvalue weighted by Gasteiger charge is -2.21. The van der Waals surface area contributed by atoms with Crippen LogP contribution in [0.2, 0.25) is 0 Å². The van der Waals surface area contributed by atoms with E-state index in [1.54, 1.807) is 0 Å². The molecular formula is C11H10BrNO2. The predicted octanol–water partition coefficient (Wildman–Crippen LogP) is 1.62. The summed E-state index contributed by atoms with van der Waals surface area (Å²) in [5.41, 5.74) is 0.907. The van der Waals surface area contributed by atoms with E-state index in [1.807, 2.05) is 24.3 Å². The van der Waals surface area contributed by atoms with E-state index in [4.69, 9.17) is 0 Å². The Kier molecular flexibility index (Phi) is 2.86. The molecule has 3 nitrogen and oxygen atoms in total. The number of carbonyl (C=O) groups is 2. The van der Waals surface area contributed by atoms with Gasteiger partial charge in [0.15, 0.2) is 5.78 Å². The number of piperidine rings is 1. The van der Waals surface area contributed by atoms with Gasteiger partial charge in [-0.1, -0.05) is 28.1 Å². The summed E-state index contributed by atoms with van der Waals surface area (Å²) in [6, 6.07) is 7.54. The molecule has 1 atom stereocenters. The van der Waals surface area contributed by atoms with Crippen LogP contribution >= 0.6 is 15.9 Å². The van der Waals surface area contributed by atoms with Gasteiger partial charge in [-0.15, -0.1) is 0 Å². The fourth-order valence-corrected chi connectivity index (χ4v) is 2.12. The Balaban J connectivity index is 2.28. The normalized spacial score (nSPS) is 21.3. The van der Waals surface area contributed by atoms with Crippen LogP contribution in [-0.4, -0.2) is 18.2 Å². The molecule has 0 saturated carbocycles. The van der Waals surface area contributed by atoms with E-state index < -0.39 is 0 Å². The number of amides is 1. The van der Waals surface area contributed by atoms with Crippen LogP contribution in [-0.2, 0) is 9.59 Å². The third-order valence-electron chi connectivity index (χ3n) is 2.49. The molecule has 1 saturated heterocycles. The van der Waals surface area contributed by atoms with Crippen LogP contribution in [0.15, 0.2) is 28.7 Å². The van der Waals surface area contributed by atoms with Gasteiger partial charge in [-0.05, 0) is 17.7 Å². The summed E-state index contributed by atoms with van der Waals surface area (Å²) in [7, 11) is 0. The fourth-order valence-electron chi connectivity index (χ4n) is 1.71. The van der Waals surface area contributed by atoms with Crippen LogP contribution in [0.4, 0.5) is 0 Å². The van der Waals surface area contributed by atoms with E-state index in [0.29, 0.717) is 0 Å². The summed E-state index contributed by atoms with van der Waals surface area (Å²) in [5, 5.41) is 2.55. The molecule has 1 aliphatic heterocycles. The highest BCUT2D eigenvalue weighted by Crippen LogP contribution is 2.25. The largest absolute Gasteiger partial charge is 0.349 e. The summed E-state index contributed by atoms with van der Waals surface area (Å²) in [6.45, 7) is 0.149. The molecule has 4 heteroatoms. The quantitative estimate of drug-likeness (QED) is 0.841. The molecule has 1 unspecified atom stereocenters. The third kappa shape index (κ3) is 2.26. The van der Waals surface area contributed by atoms with Crippen molar-refractivity contribution in [2.45, 2.75) is 12.3 Å². The van der Waals surface area contributed by atoms with Gasteiger partial charge in [-0.3, -0.25) is 9.59 Å².